The molecular formula is C37H47N7O7. The van der Waals surface area contributed by atoms with Gasteiger partial charge in [0.15, 0.2) is 6.61 Å². The zero-order chi connectivity index (χ0) is 36.5. The molecule has 0 spiro atoms. The highest BCUT2D eigenvalue weighted by atomic mass is 16.5. The lowest BCUT2D eigenvalue weighted by molar-refractivity contribution is -0.141. The number of rotatable bonds is 8. The van der Waals surface area contributed by atoms with E-state index in [1.54, 1.807) is 42.4 Å². The van der Waals surface area contributed by atoms with Gasteiger partial charge in [-0.3, -0.25) is 28.7 Å². The summed E-state index contributed by atoms with van der Waals surface area (Å²) in [5.74, 6) is -1.99. The molecule has 1 fully saturated rings. The van der Waals surface area contributed by atoms with Crippen LogP contribution in [0.15, 0.2) is 66.9 Å². The van der Waals surface area contributed by atoms with Crippen molar-refractivity contribution < 1.29 is 33.4 Å². The number of aryl methyl sites for hydroxylation is 1. The summed E-state index contributed by atoms with van der Waals surface area (Å²) in [5.41, 5.74) is 2.03. The number of benzene rings is 2. The molecule has 14 heteroatoms. The summed E-state index contributed by atoms with van der Waals surface area (Å²) in [5, 5.41) is 13.0. The number of hydrogen-bond acceptors (Lipinski definition) is 8. The van der Waals surface area contributed by atoms with Gasteiger partial charge in [-0.15, -0.1) is 0 Å². The van der Waals surface area contributed by atoms with Crippen LogP contribution in [0.4, 0.5) is 0 Å². The molecule has 3 N–H and O–H groups in total. The van der Waals surface area contributed by atoms with Crippen molar-refractivity contribution in [1.82, 2.24) is 35.5 Å². The van der Waals surface area contributed by atoms with Gasteiger partial charge in [-0.05, 0) is 41.7 Å². The Morgan fingerprint density at radius 2 is 1.73 bits per heavy atom. The number of carbonyl (C=O) groups is 5. The summed E-state index contributed by atoms with van der Waals surface area (Å²) in [6, 6.07) is 15.7. The van der Waals surface area contributed by atoms with Crippen LogP contribution < -0.4 is 20.7 Å². The first-order chi connectivity index (χ1) is 24.5. The number of likely N-dealkylation sites (tertiary alicyclic amines) is 1. The van der Waals surface area contributed by atoms with Gasteiger partial charge < -0.3 is 35.2 Å². The summed E-state index contributed by atoms with van der Waals surface area (Å²) in [7, 11) is 3.19. The molecule has 1 aromatic heterocycles. The van der Waals surface area contributed by atoms with Crippen molar-refractivity contribution in [2.75, 3.05) is 46.5 Å². The van der Waals surface area contributed by atoms with E-state index in [4.69, 9.17) is 9.47 Å². The van der Waals surface area contributed by atoms with Crippen molar-refractivity contribution in [1.29, 1.82) is 0 Å². The van der Waals surface area contributed by atoms with Gasteiger partial charge in [-0.1, -0.05) is 56.3 Å². The smallest absolute Gasteiger partial charge is 0.272 e. The zero-order valence-corrected chi connectivity index (χ0v) is 29.5. The van der Waals surface area contributed by atoms with Gasteiger partial charge in [0.1, 0.15) is 23.5 Å². The number of nitrogens with one attached hydrogen (secondary N) is 3. The third-order valence-corrected chi connectivity index (χ3v) is 9.12. The van der Waals surface area contributed by atoms with Crippen LogP contribution in [-0.4, -0.2) is 114 Å². The van der Waals surface area contributed by atoms with Crippen LogP contribution >= 0.6 is 0 Å². The molecule has 3 heterocycles. The highest BCUT2D eigenvalue weighted by Gasteiger charge is 2.39. The van der Waals surface area contributed by atoms with Gasteiger partial charge in [-0.25, -0.2) is 0 Å². The maximum Gasteiger partial charge on any atom is 0.272 e. The monoisotopic (exact) mass is 701 g/mol. The third kappa shape index (κ3) is 9.72. The number of ether oxygens (including phenoxy) is 2. The Balaban J connectivity index is 1.51. The lowest BCUT2D eigenvalue weighted by Gasteiger charge is -2.29. The molecule has 4 atom stereocenters. The van der Waals surface area contributed by atoms with E-state index in [1.807, 2.05) is 50.2 Å². The molecule has 0 unspecified atom stereocenters. The average molecular weight is 702 g/mol. The summed E-state index contributed by atoms with van der Waals surface area (Å²) in [6.45, 7) is 3.92. The van der Waals surface area contributed by atoms with Crippen LogP contribution in [0.5, 0.6) is 5.75 Å². The summed E-state index contributed by atoms with van der Waals surface area (Å²) in [4.78, 5) is 71.6. The van der Waals surface area contributed by atoms with Crippen molar-refractivity contribution in [2.24, 2.45) is 13.0 Å². The van der Waals surface area contributed by atoms with Crippen LogP contribution in [0.1, 0.15) is 47.8 Å². The molecule has 2 aromatic carbocycles. The second-order valence-electron chi connectivity index (χ2n) is 13.4. The fourth-order valence-electron chi connectivity index (χ4n) is 6.56. The van der Waals surface area contributed by atoms with E-state index in [9.17, 15) is 24.0 Å². The van der Waals surface area contributed by atoms with E-state index in [0.717, 1.165) is 11.1 Å². The fourth-order valence-corrected chi connectivity index (χ4v) is 6.56. The van der Waals surface area contributed by atoms with Crippen LogP contribution in [0.3, 0.4) is 0 Å². The minimum atomic E-state index is -0.999. The van der Waals surface area contributed by atoms with Gasteiger partial charge in [0.05, 0.1) is 19.2 Å². The van der Waals surface area contributed by atoms with Crippen molar-refractivity contribution in [3.05, 3.63) is 83.7 Å². The normalized spacial score (nSPS) is 22.0. The lowest BCUT2D eigenvalue weighted by Crippen LogP contribution is -2.56. The standard InChI is InChI=1S/C37H47N7O7/c1-24(2)17-30-36(48)43(15-16-50-4)22-33(45)39-29(18-25-9-6-5-7-10-25)35(47)41-31-21-44(37(49)32-13-14-38-42(32)3)20-28(31)26-11-8-12-27(19-26)51-23-34(46)40-30/h5-14,19,24,28-31H,15-18,20-23H2,1-4H3,(H,39,45)(H,40,46)(H,41,47)/t28-,29+,30-,31+/m1/s1. The molecule has 2 aliphatic heterocycles. The van der Waals surface area contributed by atoms with Gasteiger partial charge >= 0.3 is 0 Å². The Kier molecular flexibility index (Phi) is 12.4. The molecule has 1 saturated heterocycles. The molecule has 51 heavy (non-hydrogen) atoms. The first kappa shape index (κ1) is 37.0. The molecule has 0 saturated carbocycles. The van der Waals surface area contributed by atoms with Gasteiger partial charge in [0.25, 0.3) is 11.8 Å². The fraction of sp³-hybridized carbons (Fsp3) is 0.459. The van der Waals surface area contributed by atoms with Gasteiger partial charge in [0.2, 0.25) is 17.7 Å². The summed E-state index contributed by atoms with van der Waals surface area (Å²) in [6.07, 6.45) is 2.08. The molecule has 5 rings (SSSR count). The van der Waals surface area contributed by atoms with E-state index >= 15 is 0 Å². The number of aromatic nitrogens is 2. The lowest BCUT2D eigenvalue weighted by atomic mass is 9.93. The van der Waals surface area contributed by atoms with Crippen molar-refractivity contribution in [3.8, 4) is 5.75 Å². The Labute approximate surface area is 297 Å². The highest BCUT2D eigenvalue weighted by molar-refractivity contribution is 5.94. The third-order valence-electron chi connectivity index (χ3n) is 9.12. The molecule has 2 bridgehead atoms. The van der Waals surface area contributed by atoms with Crippen LogP contribution in [0.25, 0.3) is 0 Å². The first-order valence-corrected chi connectivity index (χ1v) is 17.2. The molecule has 0 aliphatic carbocycles. The maximum atomic E-state index is 14.2. The van der Waals surface area contributed by atoms with Crippen molar-refractivity contribution >= 4 is 29.5 Å². The van der Waals surface area contributed by atoms with E-state index in [1.165, 1.54) is 16.7 Å². The number of fused-ring (bicyclic) bond motifs is 4. The minimum Gasteiger partial charge on any atom is -0.484 e. The van der Waals surface area contributed by atoms with E-state index < -0.39 is 41.8 Å². The summed E-state index contributed by atoms with van der Waals surface area (Å²) < 4.78 is 12.6. The predicted molar refractivity (Wildman–Crippen MR) is 188 cm³/mol. The minimum absolute atomic E-state index is 0.0513. The quantitative estimate of drug-likeness (QED) is 0.316. The highest BCUT2D eigenvalue weighted by Crippen LogP contribution is 2.31. The van der Waals surface area contributed by atoms with Gasteiger partial charge in [0, 0.05) is 52.3 Å². The molecule has 14 nitrogen and oxygen atoms in total. The SMILES string of the molecule is COCCN1CC(=O)N[C@@H](Cc2ccccc2)C(=O)N[C@H]2CN(C(=O)c3ccnn3C)C[C@@H]2c2cccc(c2)OCC(=O)N[C@H](CC(C)C)C1=O. The summed E-state index contributed by atoms with van der Waals surface area (Å²) >= 11 is 0. The Bertz CT molecular complexity index is 1690. The second-order valence-corrected chi connectivity index (χ2v) is 13.4. The molecule has 2 aliphatic rings. The van der Waals surface area contributed by atoms with Crippen LogP contribution in [0.2, 0.25) is 0 Å². The predicted octanol–water partition coefficient (Wildman–Crippen LogP) is 1.27. The Morgan fingerprint density at radius 1 is 0.961 bits per heavy atom. The first-order valence-electron chi connectivity index (χ1n) is 17.2. The van der Waals surface area contributed by atoms with E-state index in [2.05, 4.69) is 21.0 Å². The van der Waals surface area contributed by atoms with Crippen LogP contribution in [0, 0.1) is 5.92 Å². The number of amides is 5. The number of methoxy groups -OCH3 is 1. The van der Waals surface area contributed by atoms with Gasteiger partial charge in [-0.2, -0.15) is 5.10 Å². The number of carbonyl (C=O) groups excluding carboxylic acids is 5. The van der Waals surface area contributed by atoms with E-state index in [0.29, 0.717) is 24.4 Å². The second kappa shape index (κ2) is 17.1. The Morgan fingerprint density at radius 3 is 2.43 bits per heavy atom. The Hall–Kier alpha value is -5.24. The van der Waals surface area contributed by atoms with Crippen LogP contribution in [-0.2, 0) is 37.4 Å². The molecule has 0 radical (unpaired) electrons. The maximum absolute atomic E-state index is 14.2. The largest absolute Gasteiger partial charge is 0.484 e. The van der Waals surface area contributed by atoms with E-state index in [-0.39, 0.29) is 57.0 Å². The molecule has 3 aromatic rings. The zero-order valence-electron chi connectivity index (χ0n) is 29.5. The number of hydrogen-bond donors (Lipinski definition) is 3. The van der Waals surface area contributed by atoms with Crippen molar-refractivity contribution in [3.63, 3.8) is 0 Å². The molecule has 272 valence electrons. The molecule has 5 amide bonds. The number of nitrogens with zero attached hydrogens (tertiary/aromatic N) is 4. The molecular weight excluding hydrogens is 654 g/mol. The topological polar surface area (TPSA) is 164 Å². The van der Waals surface area contributed by atoms with Crippen molar-refractivity contribution in [2.45, 2.75) is 50.7 Å². The average Bonchev–Trinajstić information content (AvgIpc) is 3.74.